The number of aryl methyl sites for hydroxylation is 1. The molecule has 1 N–H and O–H groups in total. The Bertz CT molecular complexity index is 400. The number of fused-ring (bicyclic) bond motifs is 1. The molecule has 15 heavy (non-hydrogen) atoms. The minimum absolute atomic E-state index is 0.0263. The predicted molar refractivity (Wildman–Crippen MR) is 58.9 cm³/mol. The molecule has 0 spiro atoms. The van der Waals surface area contributed by atoms with Crippen LogP contribution in [0.15, 0.2) is 9.32 Å². The number of nitrogens with one attached hydrogen (secondary N) is 1. The third-order valence-corrected chi connectivity index (χ3v) is 4.06. The van der Waals surface area contributed by atoms with E-state index in [1.807, 2.05) is 0 Å². The van der Waals surface area contributed by atoms with Gasteiger partial charge in [0.2, 0.25) is 0 Å². The molecule has 1 aliphatic rings. The SMILES string of the molecule is CCC(C)(C)[C@@H]1CCc2o[nH]c(=O)c2C1. The van der Waals surface area contributed by atoms with Crippen LogP contribution in [0.25, 0.3) is 0 Å². The topological polar surface area (TPSA) is 46.0 Å². The van der Waals surface area contributed by atoms with Gasteiger partial charge >= 0.3 is 0 Å². The predicted octanol–water partition coefficient (Wildman–Crippen LogP) is 2.51. The fourth-order valence-corrected chi connectivity index (χ4v) is 2.38. The third kappa shape index (κ3) is 1.75. The normalized spacial score (nSPS) is 21.4. The van der Waals surface area contributed by atoms with E-state index in [2.05, 4.69) is 25.9 Å². The molecule has 3 nitrogen and oxygen atoms in total. The van der Waals surface area contributed by atoms with Gasteiger partial charge in [0, 0.05) is 6.42 Å². The molecule has 0 aliphatic heterocycles. The average molecular weight is 209 g/mol. The highest BCUT2D eigenvalue weighted by Crippen LogP contribution is 2.38. The van der Waals surface area contributed by atoms with E-state index < -0.39 is 0 Å². The molecule has 1 aromatic heterocycles. The zero-order chi connectivity index (χ0) is 11.1. The molecule has 1 atom stereocenters. The molecule has 0 unspecified atom stereocenters. The lowest BCUT2D eigenvalue weighted by atomic mass is 9.69. The number of H-pyrrole nitrogens is 1. The Morgan fingerprint density at radius 1 is 1.53 bits per heavy atom. The summed E-state index contributed by atoms with van der Waals surface area (Å²) in [5, 5.41) is 2.44. The Kier molecular flexibility index (Phi) is 2.49. The summed E-state index contributed by atoms with van der Waals surface area (Å²) >= 11 is 0. The summed E-state index contributed by atoms with van der Waals surface area (Å²) in [4.78, 5) is 11.5. The summed E-state index contributed by atoms with van der Waals surface area (Å²) in [6, 6.07) is 0. The van der Waals surface area contributed by atoms with Crippen LogP contribution in [0.1, 0.15) is 44.9 Å². The molecule has 0 bridgehead atoms. The summed E-state index contributed by atoms with van der Waals surface area (Å²) in [5.41, 5.74) is 1.18. The van der Waals surface area contributed by atoms with Crippen molar-refractivity contribution in [1.82, 2.24) is 5.16 Å². The van der Waals surface area contributed by atoms with Crippen molar-refractivity contribution in [2.45, 2.75) is 46.5 Å². The van der Waals surface area contributed by atoms with Gasteiger partial charge in [-0.15, -0.1) is 0 Å². The molecular weight excluding hydrogens is 190 g/mol. The minimum Gasteiger partial charge on any atom is -0.383 e. The van der Waals surface area contributed by atoms with Gasteiger partial charge in [-0.2, -0.15) is 5.16 Å². The van der Waals surface area contributed by atoms with E-state index in [0.29, 0.717) is 11.3 Å². The highest BCUT2D eigenvalue weighted by molar-refractivity contribution is 5.18. The number of hydrogen-bond acceptors (Lipinski definition) is 2. The molecular formula is C12H19NO2. The summed E-state index contributed by atoms with van der Waals surface area (Å²) in [7, 11) is 0. The second-order valence-electron chi connectivity index (χ2n) is 5.22. The number of hydrogen-bond donors (Lipinski definition) is 1. The van der Waals surface area contributed by atoms with Crippen molar-refractivity contribution in [3.8, 4) is 0 Å². The van der Waals surface area contributed by atoms with Crippen LogP contribution in [0.5, 0.6) is 0 Å². The Hall–Kier alpha value is -0.990. The largest absolute Gasteiger partial charge is 0.383 e. The van der Waals surface area contributed by atoms with Gasteiger partial charge in [0.1, 0.15) is 5.76 Å². The third-order valence-electron chi connectivity index (χ3n) is 4.06. The van der Waals surface area contributed by atoms with Gasteiger partial charge in [-0.25, -0.2) is 0 Å². The Morgan fingerprint density at radius 2 is 2.27 bits per heavy atom. The van der Waals surface area contributed by atoms with Crippen LogP contribution < -0.4 is 5.56 Å². The molecule has 3 heteroatoms. The summed E-state index contributed by atoms with van der Waals surface area (Å²) < 4.78 is 5.14. The number of aromatic nitrogens is 1. The first-order valence-corrected chi connectivity index (χ1v) is 5.74. The van der Waals surface area contributed by atoms with E-state index in [9.17, 15) is 4.79 Å². The van der Waals surface area contributed by atoms with Crippen molar-refractivity contribution >= 4 is 0 Å². The maximum Gasteiger partial charge on any atom is 0.283 e. The van der Waals surface area contributed by atoms with Crippen LogP contribution in [0.2, 0.25) is 0 Å². The maximum atomic E-state index is 11.5. The first kappa shape index (κ1) is 10.5. The molecule has 84 valence electrons. The Morgan fingerprint density at radius 3 is 2.93 bits per heavy atom. The van der Waals surface area contributed by atoms with E-state index in [-0.39, 0.29) is 5.56 Å². The van der Waals surface area contributed by atoms with E-state index in [0.717, 1.165) is 37.0 Å². The van der Waals surface area contributed by atoms with Crippen LogP contribution in [-0.2, 0) is 12.8 Å². The van der Waals surface area contributed by atoms with Gasteiger partial charge in [0.15, 0.2) is 0 Å². The van der Waals surface area contributed by atoms with E-state index >= 15 is 0 Å². The van der Waals surface area contributed by atoms with Crippen LogP contribution in [0, 0.1) is 11.3 Å². The maximum absolute atomic E-state index is 11.5. The van der Waals surface area contributed by atoms with Gasteiger partial charge in [0.05, 0.1) is 5.56 Å². The Labute approximate surface area is 89.8 Å². The quantitative estimate of drug-likeness (QED) is 0.813. The molecule has 1 aliphatic carbocycles. The summed E-state index contributed by atoms with van der Waals surface area (Å²) in [6.45, 7) is 6.79. The molecule has 1 aromatic rings. The van der Waals surface area contributed by atoms with Crippen molar-refractivity contribution < 1.29 is 4.52 Å². The molecule has 2 rings (SSSR count). The van der Waals surface area contributed by atoms with Gasteiger partial charge in [-0.3, -0.25) is 4.79 Å². The van der Waals surface area contributed by atoms with Crippen molar-refractivity contribution in [3.05, 3.63) is 21.7 Å². The first-order chi connectivity index (χ1) is 7.04. The van der Waals surface area contributed by atoms with Crippen LogP contribution >= 0.6 is 0 Å². The van der Waals surface area contributed by atoms with Crippen molar-refractivity contribution in [3.63, 3.8) is 0 Å². The molecule has 0 saturated heterocycles. The average Bonchev–Trinajstić information content (AvgIpc) is 2.60. The molecule has 0 amide bonds. The second kappa shape index (κ2) is 3.54. The second-order valence-corrected chi connectivity index (χ2v) is 5.22. The molecule has 0 fully saturated rings. The highest BCUT2D eigenvalue weighted by atomic mass is 16.5. The smallest absolute Gasteiger partial charge is 0.283 e. The standard InChI is InChI=1S/C12H19NO2/c1-4-12(2,3)8-5-6-10-9(7-8)11(14)13-15-10/h8H,4-7H2,1-3H3,(H,13,14)/t8-/m1/s1. The van der Waals surface area contributed by atoms with Crippen LogP contribution in [0.4, 0.5) is 0 Å². The molecule has 1 heterocycles. The fraction of sp³-hybridized carbons (Fsp3) is 0.750. The monoisotopic (exact) mass is 209 g/mol. The van der Waals surface area contributed by atoms with Crippen molar-refractivity contribution in [2.75, 3.05) is 0 Å². The van der Waals surface area contributed by atoms with Gasteiger partial charge in [-0.05, 0) is 24.2 Å². The molecule has 0 aromatic carbocycles. The van der Waals surface area contributed by atoms with Crippen LogP contribution in [-0.4, -0.2) is 5.16 Å². The number of rotatable bonds is 2. The summed E-state index contributed by atoms with van der Waals surface area (Å²) in [6.07, 6.45) is 4.07. The zero-order valence-corrected chi connectivity index (χ0v) is 9.72. The minimum atomic E-state index is -0.0263. The van der Waals surface area contributed by atoms with Gasteiger partial charge < -0.3 is 4.52 Å². The first-order valence-electron chi connectivity index (χ1n) is 5.74. The lowest BCUT2D eigenvalue weighted by Crippen LogP contribution is -2.30. The Balaban J connectivity index is 2.25. The lowest BCUT2D eigenvalue weighted by Gasteiger charge is -2.35. The summed E-state index contributed by atoms with van der Waals surface area (Å²) in [5.74, 6) is 1.48. The zero-order valence-electron chi connectivity index (χ0n) is 9.72. The fourth-order valence-electron chi connectivity index (χ4n) is 2.38. The van der Waals surface area contributed by atoms with Crippen molar-refractivity contribution in [2.24, 2.45) is 11.3 Å². The van der Waals surface area contributed by atoms with Crippen LogP contribution in [0.3, 0.4) is 0 Å². The molecule has 0 saturated carbocycles. The van der Waals surface area contributed by atoms with E-state index in [1.54, 1.807) is 0 Å². The molecule has 0 radical (unpaired) electrons. The van der Waals surface area contributed by atoms with E-state index in [4.69, 9.17) is 4.52 Å². The van der Waals surface area contributed by atoms with Gasteiger partial charge in [0.25, 0.3) is 5.56 Å². The highest BCUT2D eigenvalue weighted by Gasteiger charge is 2.33. The van der Waals surface area contributed by atoms with Gasteiger partial charge in [-0.1, -0.05) is 27.2 Å². The number of aromatic amines is 1. The van der Waals surface area contributed by atoms with E-state index in [1.165, 1.54) is 0 Å². The lowest BCUT2D eigenvalue weighted by molar-refractivity contribution is 0.176. The van der Waals surface area contributed by atoms with Crippen molar-refractivity contribution in [1.29, 1.82) is 0 Å².